The summed E-state index contributed by atoms with van der Waals surface area (Å²) in [6.45, 7) is 10.2. The van der Waals surface area contributed by atoms with Crippen LogP contribution in [0.5, 0.6) is 0 Å². The van der Waals surface area contributed by atoms with E-state index in [1.807, 2.05) is 30.7 Å². The summed E-state index contributed by atoms with van der Waals surface area (Å²) in [6.07, 6.45) is -1.97. The van der Waals surface area contributed by atoms with Crippen LogP contribution in [0.4, 0.5) is 37.7 Å². The first-order valence-corrected chi connectivity index (χ1v) is 16.8. The van der Waals surface area contributed by atoms with Crippen molar-refractivity contribution < 1.29 is 45.4 Å². The molecule has 1 aliphatic carbocycles. The van der Waals surface area contributed by atoms with Crippen LogP contribution in [0.2, 0.25) is 0 Å². The van der Waals surface area contributed by atoms with Crippen molar-refractivity contribution in [2.45, 2.75) is 97.1 Å². The van der Waals surface area contributed by atoms with E-state index >= 15 is 0 Å². The van der Waals surface area contributed by atoms with Crippen LogP contribution in [0.3, 0.4) is 0 Å². The highest BCUT2D eigenvalue weighted by Crippen LogP contribution is 2.39. The number of piperidine rings is 1. The zero-order valence-corrected chi connectivity index (χ0v) is 29.5. The molecule has 4 rings (SSSR count). The van der Waals surface area contributed by atoms with Gasteiger partial charge in [-0.1, -0.05) is 19.3 Å². The maximum Gasteiger partial charge on any atom is 0.416 e. The molecule has 2 aliphatic rings. The average molecular weight is 702 g/mol. The summed E-state index contributed by atoms with van der Waals surface area (Å²) in [6, 6.07) is 4.47. The molecule has 0 N–H and O–H groups in total. The van der Waals surface area contributed by atoms with Crippen molar-refractivity contribution in [3.63, 3.8) is 0 Å². The molecular formula is C36H49F6N3O4. The Hall–Kier alpha value is -3.48. The minimum absolute atomic E-state index is 0.0171. The summed E-state index contributed by atoms with van der Waals surface area (Å²) in [7, 11) is 4.40. The Morgan fingerprint density at radius 1 is 0.694 bits per heavy atom. The Bertz CT molecular complexity index is 1430. The number of esters is 2. The minimum atomic E-state index is -4.52. The van der Waals surface area contributed by atoms with Gasteiger partial charge in [-0.3, -0.25) is 0 Å². The molecule has 1 aliphatic heterocycles. The molecule has 0 spiro atoms. The molecule has 0 bridgehead atoms. The molecule has 49 heavy (non-hydrogen) atoms. The molecule has 0 atom stereocenters. The monoisotopic (exact) mass is 701 g/mol. The number of carbonyl (C=O) groups is 2. The number of methoxy groups -OCH3 is 2. The van der Waals surface area contributed by atoms with Crippen molar-refractivity contribution in [1.82, 2.24) is 4.90 Å². The third-order valence-electron chi connectivity index (χ3n) is 9.67. The fourth-order valence-corrected chi connectivity index (χ4v) is 6.92. The smallest absolute Gasteiger partial charge is 0.416 e. The van der Waals surface area contributed by atoms with Gasteiger partial charge in [0.05, 0.1) is 36.5 Å². The van der Waals surface area contributed by atoms with Gasteiger partial charge in [-0.05, 0) is 109 Å². The number of benzene rings is 2. The van der Waals surface area contributed by atoms with Gasteiger partial charge in [-0.15, -0.1) is 0 Å². The summed E-state index contributed by atoms with van der Waals surface area (Å²) < 4.78 is 89.2. The van der Waals surface area contributed by atoms with E-state index in [4.69, 9.17) is 0 Å². The molecule has 0 radical (unpaired) electrons. The lowest BCUT2D eigenvalue weighted by Gasteiger charge is -2.39. The zero-order valence-electron chi connectivity index (χ0n) is 29.5. The lowest BCUT2D eigenvalue weighted by atomic mass is 9.92. The highest BCUT2D eigenvalue weighted by Gasteiger charge is 2.36. The number of hydrogen-bond acceptors (Lipinski definition) is 7. The van der Waals surface area contributed by atoms with Gasteiger partial charge in [0, 0.05) is 36.5 Å². The van der Waals surface area contributed by atoms with E-state index in [9.17, 15) is 35.9 Å². The SMILES string of the molecule is CCN(c1cc(C(F)(F)F)cc(C(=O)OC)c1C)C1CCCCC1.CCN(c1cc(C(F)(F)F)cc(C(=O)OC)c1C)C1CCN(C)CC1. The molecule has 0 unspecified atom stereocenters. The predicted octanol–water partition coefficient (Wildman–Crippen LogP) is 8.68. The van der Waals surface area contributed by atoms with Crippen LogP contribution >= 0.6 is 0 Å². The van der Waals surface area contributed by atoms with Crippen molar-refractivity contribution in [3.05, 3.63) is 57.6 Å². The van der Waals surface area contributed by atoms with E-state index in [0.717, 1.165) is 69.8 Å². The Labute approximate surface area is 285 Å². The maximum absolute atomic E-state index is 13.3. The molecule has 1 saturated heterocycles. The van der Waals surface area contributed by atoms with E-state index in [2.05, 4.69) is 14.4 Å². The number of anilines is 2. The number of likely N-dealkylation sites (tertiary alicyclic amines) is 1. The summed E-state index contributed by atoms with van der Waals surface area (Å²) in [5, 5.41) is 0. The van der Waals surface area contributed by atoms with Crippen molar-refractivity contribution in [3.8, 4) is 0 Å². The van der Waals surface area contributed by atoms with E-state index in [1.165, 1.54) is 26.7 Å². The second-order valence-corrected chi connectivity index (χ2v) is 12.7. The maximum atomic E-state index is 13.3. The molecule has 0 amide bonds. The number of carbonyl (C=O) groups excluding carboxylic acids is 2. The fourth-order valence-electron chi connectivity index (χ4n) is 6.92. The molecule has 7 nitrogen and oxygen atoms in total. The van der Waals surface area contributed by atoms with Crippen molar-refractivity contribution in [1.29, 1.82) is 0 Å². The van der Waals surface area contributed by atoms with Gasteiger partial charge >= 0.3 is 24.3 Å². The van der Waals surface area contributed by atoms with Gasteiger partial charge in [-0.25, -0.2) is 9.59 Å². The van der Waals surface area contributed by atoms with Gasteiger partial charge in [0.1, 0.15) is 0 Å². The Morgan fingerprint density at radius 2 is 1.06 bits per heavy atom. The molecular weight excluding hydrogens is 652 g/mol. The third kappa shape index (κ3) is 9.82. The Kier molecular flexibility index (Phi) is 13.8. The quantitative estimate of drug-likeness (QED) is 0.202. The summed E-state index contributed by atoms with van der Waals surface area (Å²) in [5.74, 6) is -1.48. The topological polar surface area (TPSA) is 62.3 Å². The molecule has 274 valence electrons. The highest BCUT2D eigenvalue weighted by atomic mass is 19.4. The predicted molar refractivity (Wildman–Crippen MR) is 178 cm³/mol. The molecule has 1 saturated carbocycles. The number of ether oxygens (including phenoxy) is 2. The normalized spacial score (nSPS) is 16.4. The number of halogens is 6. The Balaban J connectivity index is 0.000000266. The summed E-state index contributed by atoms with van der Waals surface area (Å²) in [4.78, 5) is 30.1. The summed E-state index contributed by atoms with van der Waals surface area (Å²) in [5.41, 5.74) is 0.350. The van der Waals surface area contributed by atoms with Crippen LogP contribution in [-0.4, -0.2) is 76.4 Å². The van der Waals surface area contributed by atoms with Crippen LogP contribution in [0, 0.1) is 13.8 Å². The van der Waals surface area contributed by atoms with E-state index in [0.29, 0.717) is 35.6 Å². The fraction of sp³-hybridized carbons (Fsp3) is 0.611. The number of nitrogens with zero attached hydrogens (tertiary/aromatic N) is 3. The number of alkyl halides is 6. The Morgan fingerprint density at radius 3 is 1.39 bits per heavy atom. The zero-order chi connectivity index (χ0) is 36.7. The van der Waals surface area contributed by atoms with Crippen LogP contribution in [0.1, 0.15) is 102 Å². The lowest BCUT2D eigenvalue weighted by molar-refractivity contribution is -0.138. The largest absolute Gasteiger partial charge is 0.465 e. The van der Waals surface area contributed by atoms with E-state index in [1.54, 1.807) is 13.8 Å². The van der Waals surface area contributed by atoms with Crippen LogP contribution < -0.4 is 9.80 Å². The van der Waals surface area contributed by atoms with E-state index < -0.39 is 35.4 Å². The minimum Gasteiger partial charge on any atom is -0.465 e. The van der Waals surface area contributed by atoms with Crippen molar-refractivity contribution in [2.75, 3.05) is 57.2 Å². The van der Waals surface area contributed by atoms with Crippen molar-refractivity contribution >= 4 is 23.3 Å². The van der Waals surface area contributed by atoms with Gasteiger partial charge in [0.25, 0.3) is 0 Å². The number of hydrogen-bond donors (Lipinski definition) is 0. The first kappa shape index (κ1) is 40.0. The molecule has 0 aromatic heterocycles. The van der Waals surface area contributed by atoms with E-state index in [-0.39, 0.29) is 23.2 Å². The first-order chi connectivity index (χ1) is 23.0. The first-order valence-electron chi connectivity index (χ1n) is 16.8. The van der Waals surface area contributed by atoms with Crippen LogP contribution in [0.25, 0.3) is 0 Å². The van der Waals surface area contributed by atoms with Crippen molar-refractivity contribution in [2.24, 2.45) is 0 Å². The lowest BCUT2D eigenvalue weighted by Crippen LogP contribution is -2.44. The summed E-state index contributed by atoms with van der Waals surface area (Å²) >= 11 is 0. The van der Waals surface area contributed by atoms with Crippen LogP contribution in [0.15, 0.2) is 24.3 Å². The van der Waals surface area contributed by atoms with Gasteiger partial charge in [-0.2, -0.15) is 26.3 Å². The average Bonchev–Trinajstić information content (AvgIpc) is 3.06. The number of rotatable bonds is 8. The standard InChI is InChI=1S/C18H25F3N2O2.C18H24F3NO2/c1-5-23(14-6-8-22(3)9-7-14)16-11-13(18(19,20)21)10-15(12(16)2)17(24)25-4;1-4-22(14-8-6-5-7-9-14)16-11-13(18(19,20)21)10-15(12(16)2)17(23)24-3/h10-11,14H,5-9H2,1-4H3;10-11,14H,4-9H2,1-3H3. The highest BCUT2D eigenvalue weighted by molar-refractivity contribution is 5.94. The molecule has 13 heteroatoms. The molecule has 1 heterocycles. The second kappa shape index (κ2) is 17.0. The molecule has 2 fully saturated rings. The van der Waals surface area contributed by atoms with Crippen LogP contribution in [-0.2, 0) is 21.8 Å². The second-order valence-electron chi connectivity index (χ2n) is 12.7. The van der Waals surface area contributed by atoms with Gasteiger partial charge in [0.2, 0.25) is 0 Å². The van der Waals surface area contributed by atoms with Gasteiger partial charge in [0.15, 0.2) is 0 Å². The van der Waals surface area contributed by atoms with Gasteiger partial charge < -0.3 is 24.2 Å². The molecule has 2 aromatic rings. The molecule has 2 aromatic carbocycles. The third-order valence-corrected chi connectivity index (χ3v) is 9.67.